The third-order valence-corrected chi connectivity index (χ3v) is 4.90. The molecule has 21 heavy (non-hydrogen) atoms. The van der Waals surface area contributed by atoms with Crippen LogP contribution in [0.5, 0.6) is 0 Å². The van der Waals surface area contributed by atoms with Gasteiger partial charge in [0.2, 0.25) is 0 Å². The van der Waals surface area contributed by atoms with Gasteiger partial charge >= 0.3 is 5.97 Å². The van der Waals surface area contributed by atoms with Gasteiger partial charge in [-0.05, 0) is 19.4 Å². The maximum Gasteiger partial charge on any atom is 0.303 e. The molecular formula is C14H16N2O4S. The van der Waals surface area contributed by atoms with Crippen LogP contribution in [0, 0.1) is 0 Å². The average molecular weight is 308 g/mol. The van der Waals surface area contributed by atoms with Gasteiger partial charge in [0, 0.05) is 17.7 Å². The van der Waals surface area contributed by atoms with Crippen LogP contribution in [0.2, 0.25) is 0 Å². The maximum absolute atomic E-state index is 12.3. The molecule has 3 rings (SSSR count). The van der Waals surface area contributed by atoms with Gasteiger partial charge in [-0.3, -0.25) is 9.59 Å². The van der Waals surface area contributed by atoms with E-state index < -0.39 is 5.97 Å². The molecule has 0 saturated heterocycles. The molecule has 1 aliphatic heterocycles. The molecular weight excluding hydrogens is 292 g/mol. The van der Waals surface area contributed by atoms with Crippen LogP contribution < -0.4 is 5.56 Å². The number of thiophene rings is 1. The molecule has 2 aromatic rings. The summed E-state index contributed by atoms with van der Waals surface area (Å²) in [6, 6.07) is 0. The molecule has 0 aliphatic carbocycles. The number of fused-ring (bicyclic) bond motifs is 3. The summed E-state index contributed by atoms with van der Waals surface area (Å²) in [7, 11) is 0. The van der Waals surface area contributed by atoms with Crippen LogP contribution in [0.15, 0.2) is 4.79 Å². The summed E-state index contributed by atoms with van der Waals surface area (Å²) in [5, 5.41) is 9.36. The lowest BCUT2D eigenvalue weighted by Gasteiger charge is -2.25. The molecule has 2 atom stereocenters. The number of ether oxygens (including phenoxy) is 1. The quantitative estimate of drug-likeness (QED) is 0.905. The van der Waals surface area contributed by atoms with Crippen molar-refractivity contribution >= 4 is 27.5 Å². The van der Waals surface area contributed by atoms with E-state index in [-0.39, 0.29) is 30.6 Å². The van der Waals surface area contributed by atoms with E-state index in [0.29, 0.717) is 22.5 Å². The third-order valence-electron chi connectivity index (χ3n) is 3.61. The Hall–Kier alpha value is -1.73. The largest absolute Gasteiger partial charge is 0.481 e. The van der Waals surface area contributed by atoms with Crippen molar-refractivity contribution in [3.05, 3.63) is 26.6 Å². The van der Waals surface area contributed by atoms with Gasteiger partial charge < -0.3 is 14.8 Å². The molecule has 0 saturated carbocycles. The van der Waals surface area contributed by atoms with Gasteiger partial charge in [0.1, 0.15) is 10.7 Å². The lowest BCUT2D eigenvalue weighted by atomic mass is 10.0. The Morgan fingerprint density at radius 1 is 1.52 bits per heavy atom. The minimum atomic E-state index is -0.904. The number of aryl methyl sites for hydroxylation is 1. The summed E-state index contributed by atoms with van der Waals surface area (Å²) in [4.78, 5) is 31.8. The van der Waals surface area contributed by atoms with Gasteiger partial charge in [-0.25, -0.2) is 4.98 Å². The van der Waals surface area contributed by atoms with Gasteiger partial charge in [0.05, 0.1) is 24.0 Å². The van der Waals surface area contributed by atoms with Crippen LogP contribution in [0.3, 0.4) is 0 Å². The van der Waals surface area contributed by atoms with E-state index in [0.717, 1.165) is 10.4 Å². The number of aromatic nitrogens is 2. The number of hydrogen-bond donors (Lipinski definition) is 2. The van der Waals surface area contributed by atoms with Gasteiger partial charge in [0.15, 0.2) is 0 Å². The fourth-order valence-corrected chi connectivity index (χ4v) is 3.96. The Morgan fingerprint density at radius 2 is 2.29 bits per heavy atom. The third kappa shape index (κ3) is 2.58. The molecule has 3 heterocycles. The number of rotatable bonds is 3. The van der Waals surface area contributed by atoms with Crippen molar-refractivity contribution in [2.75, 3.05) is 0 Å². The van der Waals surface area contributed by atoms with Crippen molar-refractivity contribution in [1.82, 2.24) is 9.97 Å². The Kier molecular flexibility index (Phi) is 3.54. The summed E-state index contributed by atoms with van der Waals surface area (Å²) in [5.41, 5.74) is 0.846. The first-order valence-electron chi connectivity index (χ1n) is 6.87. The molecule has 0 spiro atoms. The van der Waals surface area contributed by atoms with Crippen molar-refractivity contribution in [2.24, 2.45) is 0 Å². The predicted molar refractivity (Wildman–Crippen MR) is 78.9 cm³/mol. The molecule has 112 valence electrons. The van der Waals surface area contributed by atoms with Crippen LogP contribution in [-0.2, 0) is 22.4 Å². The van der Waals surface area contributed by atoms with Crippen molar-refractivity contribution in [2.45, 2.75) is 45.3 Å². The van der Waals surface area contributed by atoms with Crippen molar-refractivity contribution in [3.8, 4) is 0 Å². The lowest BCUT2D eigenvalue weighted by Crippen LogP contribution is -2.22. The summed E-state index contributed by atoms with van der Waals surface area (Å²) in [5.74, 6) is -0.478. The number of carboxylic acid groups (broad SMARTS) is 1. The number of aromatic amines is 1. The fourth-order valence-electron chi connectivity index (χ4n) is 2.75. The van der Waals surface area contributed by atoms with Gasteiger partial charge in [-0.15, -0.1) is 11.3 Å². The summed E-state index contributed by atoms with van der Waals surface area (Å²) in [6.45, 7) is 3.97. The Labute approximate surface area is 124 Å². The number of nitrogens with one attached hydrogen (secondary N) is 1. The van der Waals surface area contributed by atoms with Crippen LogP contribution in [-0.4, -0.2) is 27.1 Å². The molecule has 2 N–H and O–H groups in total. The van der Waals surface area contributed by atoms with E-state index in [1.54, 1.807) is 0 Å². The van der Waals surface area contributed by atoms with Crippen molar-refractivity contribution in [1.29, 1.82) is 0 Å². The second kappa shape index (κ2) is 5.23. The van der Waals surface area contributed by atoms with Crippen molar-refractivity contribution in [3.63, 3.8) is 0 Å². The van der Waals surface area contributed by atoms with E-state index in [4.69, 9.17) is 9.84 Å². The first kappa shape index (κ1) is 14.2. The first-order chi connectivity index (χ1) is 9.95. The second-order valence-corrected chi connectivity index (χ2v) is 6.36. The fraction of sp³-hybridized carbons (Fsp3) is 0.500. The minimum absolute atomic E-state index is 0.0372. The number of hydrogen-bond acceptors (Lipinski definition) is 5. The normalized spacial score (nSPS) is 21.4. The number of carboxylic acids is 1. The molecule has 0 amide bonds. The van der Waals surface area contributed by atoms with Crippen LogP contribution in [0.25, 0.3) is 10.2 Å². The Balaban J connectivity index is 2.09. The van der Waals surface area contributed by atoms with E-state index >= 15 is 0 Å². The van der Waals surface area contributed by atoms with Crippen LogP contribution >= 0.6 is 11.3 Å². The topological polar surface area (TPSA) is 92.3 Å². The molecule has 2 unspecified atom stereocenters. The highest BCUT2D eigenvalue weighted by molar-refractivity contribution is 7.18. The first-order valence-corrected chi connectivity index (χ1v) is 7.69. The molecule has 0 radical (unpaired) electrons. The number of nitrogens with zero attached hydrogens (tertiary/aromatic N) is 1. The zero-order valence-electron chi connectivity index (χ0n) is 11.8. The Morgan fingerprint density at radius 3 is 3.00 bits per heavy atom. The monoisotopic (exact) mass is 308 g/mol. The average Bonchev–Trinajstić information content (AvgIpc) is 2.75. The molecule has 2 aromatic heterocycles. The SMILES string of the molecule is CC1Cc2c(sc3nc(CCC(=O)O)[nH]c(=O)c23)C(C)O1. The van der Waals surface area contributed by atoms with Gasteiger partial charge in [-0.1, -0.05) is 0 Å². The molecule has 6 nitrogen and oxygen atoms in total. The molecule has 7 heteroatoms. The van der Waals surface area contributed by atoms with Crippen LogP contribution in [0.1, 0.15) is 42.6 Å². The van der Waals surface area contributed by atoms with E-state index in [9.17, 15) is 9.59 Å². The lowest BCUT2D eigenvalue weighted by molar-refractivity contribution is -0.137. The molecule has 0 fully saturated rings. The number of aliphatic carboxylic acids is 1. The van der Waals surface area contributed by atoms with E-state index in [1.165, 1.54) is 11.3 Å². The van der Waals surface area contributed by atoms with Crippen molar-refractivity contribution < 1.29 is 14.6 Å². The van der Waals surface area contributed by atoms with Crippen LogP contribution in [0.4, 0.5) is 0 Å². The van der Waals surface area contributed by atoms with E-state index in [2.05, 4.69) is 9.97 Å². The Bertz CT molecular complexity index is 764. The summed E-state index contributed by atoms with van der Waals surface area (Å²) < 4.78 is 5.78. The molecule has 1 aliphatic rings. The minimum Gasteiger partial charge on any atom is -0.481 e. The maximum atomic E-state index is 12.3. The smallest absolute Gasteiger partial charge is 0.303 e. The number of carbonyl (C=O) groups is 1. The predicted octanol–water partition coefficient (Wildman–Crippen LogP) is 2.02. The molecule has 0 aromatic carbocycles. The zero-order valence-corrected chi connectivity index (χ0v) is 12.6. The van der Waals surface area contributed by atoms with E-state index in [1.807, 2.05) is 13.8 Å². The zero-order chi connectivity index (χ0) is 15.1. The second-order valence-electron chi connectivity index (χ2n) is 5.32. The standard InChI is InChI=1S/C14H16N2O4S/c1-6-5-8-11-13(19)15-9(3-4-10(17)18)16-14(11)21-12(8)7(2)20-6/h6-7H,3-5H2,1-2H3,(H,17,18)(H,15,16,19). The highest BCUT2D eigenvalue weighted by Crippen LogP contribution is 2.39. The van der Waals surface area contributed by atoms with Gasteiger partial charge in [-0.2, -0.15) is 0 Å². The number of H-pyrrole nitrogens is 1. The highest BCUT2D eigenvalue weighted by atomic mass is 32.1. The molecule has 0 bridgehead atoms. The van der Waals surface area contributed by atoms with Gasteiger partial charge in [0.25, 0.3) is 5.56 Å². The summed E-state index contributed by atoms with van der Waals surface area (Å²) in [6.07, 6.45) is 0.932. The summed E-state index contributed by atoms with van der Waals surface area (Å²) >= 11 is 1.47. The highest BCUT2D eigenvalue weighted by Gasteiger charge is 2.28.